The Bertz CT molecular complexity index is 309. The Kier molecular flexibility index (Phi) is 22.5. The van der Waals surface area contributed by atoms with Gasteiger partial charge in [-0.3, -0.25) is 4.79 Å². The number of rotatable bonds is 22. The first kappa shape index (κ1) is 26.2. The molecule has 0 atom stereocenters. The van der Waals surface area contributed by atoms with Crippen LogP contribution in [0.15, 0.2) is 0 Å². The minimum Gasteiger partial charge on any atom is -0.379 e. The van der Waals surface area contributed by atoms with Gasteiger partial charge >= 0.3 is 0 Å². The van der Waals surface area contributed by atoms with Crippen LogP contribution in [-0.4, -0.2) is 98.3 Å². The Hall–Kier alpha value is -0.810. The third kappa shape index (κ3) is 23.2. The fourth-order valence-corrected chi connectivity index (χ4v) is 1.80. The van der Waals surface area contributed by atoms with E-state index >= 15 is 0 Å². The molecule has 0 saturated carbocycles. The molecule has 0 heterocycles. The second-order valence-corrected chi connectivity index (χ2v) is 5.56. The van der Waals surface area contributed by atoms with E-state index in [4.69, 9.17) is 34.2 Å². The lowest BCUT2D eigenvalue weighted by Gasteiger charge is -2.08. The van der Waals surface area contributed by atoms with Crippen molar-refractivity contribution in [1.82, 2.24) is 5.32 Å². The van der Waals surface area contributed by atoms with Gasteiger partial charge in [-0.05, 0) is 6.42 Å². The van der Waals surface area contributed by atoms with Crippen molar-refractivity contribution in [3.63, 3.8) is 0 Å². The fraction of sp³-hybridized carbons (Fsp3) is 0.944. The van der Waals surface area contributed by atoms with Gasteiger partial charge in [-0.2, -0.15) is 0 Å². The molecule has 0 unspecified atom stereocenters. The van der Waals surface area contributed by atoms with E-state index < -0.39 is 0 Å². The van der Waals surface area contributed by atoms with Crippen molar-refractivity contribution in [1.29, 1.82) is 0 Å². The average Bonchev–Trinajstić information content (AvgIpc) is 2.68. The van der Waals surface area contributed by atoms with Crippen molar-refractivity contribution in [2.24, 2.45) is 5.73 Å². The van der Waals surface area contributed by atoms with Crippen LogP contribution >= 0.6 is 0 Å². The van der Waals surface area contributed by atoms with Gasteiger partial charge in [0.05, 0.1) is 79.3 Å². The molecule has 27 heavy (non-hydrogen) atoms. The first-order chi connectivity index (χ1) is 13.3. The molecule has 9 nitrogen and oxygen atoms in total. The van der Waals surface area contributed by atoms with Gasteiger partial charge in [-0.15, -0.1) is 0 Å². The predicted molar refractivity (Wildman–Crippen MR) is 102 cm³/mol. The van der Waals surface area contributed by atoms with Crippen LogP contribution in [0.3, 0.4) is 0 Å². The Morgan fingerprint density at radius 2 is 1.04 bits per heavy atom. The van der Waals surface area contributed by atoms with Crippen molar-refractivity contribution in [2.45, 2.75) is 19.8 Å². The predicted octanol–water partition coefficient (Wildman–Crippen LogP) is -0.0390. The summed E-state index contributed by atoms with van der Waals surface area (Å²) in [6.45, 7) is 9.43. The number of carbonyl (C=O) groups excluding carboxylic acids is 1. The Morgan fingerprint density at radius 1 is 0.667 bits per heavy atom. The Labute approximate surface area is 163 Å². The number of hydrogen-bond acceptors (Lipinski definition) is 8. The van der Waals surface area contributed by atoms with E-state index in [0.29, 0.717) is 98.8 Å². The van der Waals surface area contributed by atoms with Gasteiger partial charge in [0.25, 0.3) is 0 Å². The van der Waals surface area contributed by atoms with Crippen LogP contribution < -0.4 is 11.1 Å². The quantitative estimate of drug-likeness (QED) is 0.246. The van der Waals surface area contributed by atoms with Gasteiger partial charge in [0.15, 0.2) is 0 Å². The lowest BCUT2D eigenvalue weighted by atomic mass is 10.4. The highest BCUT2D eigenvalue weighted by Crippen LogP contribution is 1.87. The monoisotopic (exact) mass is 394 g/mol. The molecule has 0 aliphatic carbocycles. The highest BCUT2D eigenvalue weighted by Gasteiger charge is 1.99. The highest BCUT2D eigenvalue weighted by molar-refractivity contribution is 5.75. The Balaban J connectivity index is 3.04. The van der Waals surface area contributed by atoms with Crippen LogP contribution in [0, 0.1) is 0 Å². The van der Waals surface area contributed by atoms with Crippen molar-refractivity contribution < 1.29 is 33.2 Å². The molecule has 0 bridgehead atoms. The molecular formula is C18H38N2O7. The van der Waals surface area contributed by atoms with Gasteiger partial charge < -0.3 is 39.5 Å². The number of nitrogens with two attached hydrogens (primary N) is 1. The van der Waals surface area contributed by atoms with E-state index in [-0.39, 0.29) is 5.91 Å². The maximum absolute atomic E-state index is 11.3. The normalized spacial score (nSPS) is 11.0. The summed E-state index contributed by atoms with van der Waals surface area (Å²) in [5, 5.41) is 2.80. The van der Waals surface area contributed by atoms with E-state index in [9.17, 15) is 4.79 Å². The number of hydrogen-bond donors (Lipinski definition) is 2. The van der Waals surface area contributed by atoms with Crippen LogP contribution in [-0.2, 0) is 33.2 Å². The number of carbonyl (C=O) groups is 1. The molecular weight excluding hydrogens is 356 g/mol. The third-order valence-electron chi connectivity index (χ3n) is 3.17. The van der Waals surface area contributed by atoms with Gasteiger partial charge in [0, 0.05) is 19.5 Å². The zero-order chi connectivity index (χ0) is 19.8. The van der Waals surface area contributed by atoms with Crippen molar-refractivity contribution in [3.8, 4) is 0 Å². The molecule has 0 rings (SSSR count). The van der Waals surface area contributed by atoms with E-state index in [2.05, 4.69) is 5.32 Å². The molecule has 0 spiro atoms. The molecule has 0 radical (unpaired) electrons. The topological polar surface area (TPSA) is 111 Å². The summed E-state index contributed by atoms with van der Waals surface area (Å²) in [6.07, 6.45) is 1.32. The molecule has 0 aliphatic heterocycles. The Morgan fingerprint density at radius 3 is 1.41 bits per heavy atom. The lowest BCUT2D eigenvalue weighted by molar-refractivity contribution is -0.122. The second-order valence-electron chi connectivity index (χ2n) is 5.56. The zero-order valence-electron chi connectivity index (χ0n) is 16.7. The highest BCUT2D eigenvalue weighted by atomic mass is 16.6. The molecule has 0 aromatic rings. The van der Waals surface area contributed by atoms with Crippen LogP contribution in [0.1, 0.15) is 19.8 Å². The van der Waals surface area contributed by atoms with Crippen LogP contribution in [0.25, 0.3) is 0 Å². The molecule has 0 fully saturated rings. The van der Waals surface area contributed by atoms with E-state index in [0.717, 1.165) is 6.42 Å². The third-order valence-corrected chi connectivity index (χ3v) is 3.17. The van der Waals surface area contributed by atoms with Gasteiger partial charge in [-0.25, -0.2) is 0 Å². The zero-order valence-corrected chi connectivity index (χ0v) is 16.7. The van der Waals surface area contributed by atoms with Gasteiger partial charge in [0.2, 0.25) is 5.91 Å². The van der Waals surface area contributed by atoms with Crippen molar-refractivity contribution in [2.75, 3.05) is 92.4 Å². The molecule has 9 heteroatoms. The molecule has 0 aromatic heterocycles. The summed E-state index contributed by atoms with van der Waals surface area (Å²) in [5.74, 6) is 0.0245. The van der Waals surface area contributed by atoms with Crippen LogP contribution in [0.5, 0.6) is 0 Å². The summed E-state index contributed by atoms with van der Waals surface area (Å²) in [4.78, 5) is 11.3. The number of nitrogens with one attached hydrogen (secondary N) is 1. The van der Waals surface area contributed by atoms with Crippen molar-refractivity contribution in [3.05, 3.63) is 0 Å². The molecule has 3 N–H and O–H groups in total. The molecule has 162 valence electrons. The smallest absolute Gasteiger partial charge is 0.222 e. The first-order valence-electron chi connectivity index (χ1n) is 9.74. The standard InChI is InChI=1S/C18H38N2O7/c1-2-5-20-18(21)3-6-22-8-10-24-12-14-26-16-17-27-15-13-25-11-9-23-7-4-19/h2-17,19H2,1H3,(H,20,21). The van der Waals surface area contributed by atoms with Crippen LogP contribution in [0.2, 0.25) is 0 Å². The minimum absolute atomic E-state index is 0.0245. The molecule has 1 amide bonds. The number of amides is 1. The summed E-state index contributed by atoms with van der Waals surface area (Å²) in [5.41, 5.74) is 5.30. The number of ether oxygens (including phenoxy) is 6. The first-order valence-corrected chi connectivity index (χ1v) is 9.74. The summed E-state index contributed by atoms with van der Waals surface area (Å²) < 4.78 is 32.0. The largest absolute Gasteiger partial charge is 0.379 e. The van der Waals surface area contributed by atoms with E-state index in [1.54, 1.807) is 0 Å². The van der Waals surface area contributed by atoms with E-state index in [1.807, 2.05) is 6.92 Å². The van der Waals surface area contributed by atoms with Crippen LogP contribution in [0.4, 0.5) is 0 Å². The summed E-state index contributed by atoms with van der Waals surface area (Å²) in [6, 6.07) is 0. The van der Waals surface area contributed by atoms with Gasteiger partial charge in [0.1, 0.15) is 0 Å². The summed E-state index contributed by atoms with van der Waals surface area (Å²) in [7, 11) is 0. The molecule has 0 aliphatic rings. The average molecular weight is 395 g/mol. The van der Waals surface area contributed by atoms with E-state index in [1.165, 1.54) is 0 Å². The second kappa shape index (κ2) is 23.2. The fourth-order valence-electron chi connectivity index (χ4n) is 1.80. The lowest BCUT2D eigenvalue weighted by Crippen LogP contribution is -2.25. The molecule has 0 aromatic carbocycles. The maximum Gasteiger partial charge on any atom is 0.222 e. The minimum atomic E-state index is 0.0245. The van der Waals surface area contributed by atoms with Crippen molar-refractivity contribution >= 4 is 5.91 Å². The maximum atomic E-state index is 11.3. The summed E-state index contributed by atoms with van der Waals surface area (Å²) >= 11 is 0. The molecule has 0 saturated heterocycles. The SMILES string of the molecule is CCCNC(=O)CCOCCOCCOCCOCCOCCOCCN. The van der Waals surface area contributed by atoms with Gasteiger partial charge in [-0.1, -0.05) is 6.92 Å².